The fourth-order valence-electron chi connectivity index (χ4n) is 1.41. The Bertz CT molecular complexity index is 581. The molecule has 1 aromatic carbocycles. The summed E-state index contributed by atoms with van der Waals surface area (Å²) in [5.41, 5.74) is 6.11. The van der Waals surface area contributed by atoms with Gasteiger partial charge in [-0.15, -0.1) is 0 Å². The number of thiocarbonyl (C=S) groups is 1. The van der Waals surface area contributed by atoms with Crippen molar-refractivity contribution >= 4 is 57.8 Å². The van der Waals surface area contributed by atoms with Crippen molar-refractivity contribution in [3.05, 3.63) is 51.4 Å². The molecule has 0 aliphatic carbocycles. The predicted octanol–water partition coefficient (Wildman–Crippen LogP) is 4.23. The second kappa shape index (κ2) is 7.04. The van der Waals surface area contributed by atoms with Crippen molar-refractivity contribution in [1.29, 1.82) is 0 Å². The maximum atomic E-state index is 6.03. The molecule has 0 saturated heterocycles. The van der Waals surface area contributed by atoms with Crippen LogP contribution in [0.2, 0.25) is 15.1 Å². The van der Waals surface area contributed by atoms with Crippen molar-refractivity contribution < 1.29 is 4.42 Å². The molecule has 0 fully saturated rings. The van der Waals surface area contributed by atoms with E-state index < -0.39 is 0 Å². The van der Waals surface area contributed by atoms with Crippen LogP contribution in [-0.4, -0.2) is 5.11 Å². The Kier molecular flexibility index (Phi) is 5.37. The van der Waals surface area contributed by atoms with Gasteiger partial charge in [0.15, 0.2) is 5.11 Å². The van der Waals surface area contributed by atoms with Crippen molar-refractivity contribution in [2.24, 2.45) is 0 Å². The minimum Gasteiger partial charge on any atom is -0.467 e. The highest BCUT2D eigenvalue weighted by molar-refractivity contribution is 7.80. The lowest BCUT2D eigenvalue weighted by atomic mass is 10.3. The van der Waals surface area contributed by atoms with Gasteiger partial charge in [0, 0.05) is 5.02 Å². The molecule has 0 aliphatic heterocycles. The third-order valence-corrected chi connectivity index (χ3v) is 3.37. The number of nitrogens with one attached hydrogen (secondary N) is 3. The summed E-state index contributed by atoms with van der Waals surface area (Å²) in [6.45, 7) is 0.475. The van der Waals surface area contributed by atoms with Gasteiger partial charge in [-0.1, -0.05) is 34.8 Å². The zero-order valence-corrected chi connectivity index (χ0v) is 13.1. The van der Waals surface area contributed by atoms with Gasteiger partial charge in [0.05, 0.1) is 28.5 Å². The van der Waals surface area contributed by atoms with Gasteiger partial charge < -0.3 is 9.73 Å². The summed E-state index contributed by atoms with van der Waals surface area (Å²) in [4.78, 5) is 0. The summed E-state index contributed by atoms with van der Waals surface area (Å²) >= 11 is 23.0. The third kappa shape index (κ3) is 4.18. The lowest BCUT2D eigenvalue weighted by molar-refractivity contribution is 0.503. The van der Waals surface area contributed by atoms with E-state index in [1.165, 1.54) is 0 Å². The van der Waals surface area contributed by atoms with Crippen LogP contribution in [-0.2, 0) is 6.54 Å². The average molecular weight is 351 g/mol. The highest BCUT2D eigenvalue weighted by Gasteiger charge is 2.08. The maximum absolute atomic E-state index is 6.03. The topological polar surface area (TPSA) is 49.2 Å². The number of halogens is 3. The van der Waals surface area contributed by atoms with E-state index in [-0.39, 0.29) is 0 Å². The number of hydrogen-bond donors (Lipinski definition) is 3. The second-order valence-corrected chi connectivity index (χ2v) is 5.42. The van der Waals surface area contributed by atoms with Crippen molar-refractivity contribution in [2.75, 3.05) is 5.43 Å². The first-order valence-corrected chi connectivity index (χ1v) is 7.07. The van der Waals surface area contributed by atoms with Crippen LogP contribution in [0.4, 0.5) is 5.69 Å². The monoisotopic (exact) mass is 349 g/mol. The van der Waals surface area contributed by atoms with Gasteiger partial charge >= 0.3 is 0 Å². The second-order valence-electron chi connectivity index (χ2n) is 3.76. The van der Waals surface area contributed by atoms with Gasteiger partial charge in [0.25, 0.3) is 0 Å². The first kappa shape index (κ1) is 15.3. The molecule has 0 radical (unpaired) electrons. The van der Waals surface area contributed by atoms with Crippen molar-refractivity contribution in [3.63, 3.8) is 0 Å². The molecule has 1 aromatic heterocycles. The first-order chi connectivity index (χ1) is 9.56. The van der Waals surface area contributed by atoms with Crippen LogP contribution >= 0.6 is 47.0 Å². The quantitative estimate of drug-likeness (QED) is 0.569. The van der Waals surface area contributed by atoms with Crippen LogP contribution in [0.3, 0.4) is 0 Å². The summed E-state index contributed by atoms with van der Waals surface area (Å²) in [5.74, 6) is 0.775. The van der Waals surface area contributed by atoms with Crippen LogP contribution in [0.1, 0.15) is 5.76 Å². The fourth-order valence-corrected chi connectivity index (χ4v) is 2.44. The van der Waals surface area contributed by atoms with Crippen LogP contribution in [0.5, 0.6) is 0 Å². The van der Waals surface area contributed by atoms with Crippen molar-refractivity contribution in [1.82, 2.24) is 10.7 Å². The van der Waals surface area contributed by atoms with Crippen LogP contribution in [0.25, 0.3) is 0 Å². The first-order valence-electron chi connectivity index (χ1n) is 5.53. The van der Waals surface area contributed by atoms with Crippen molar-refractivity contribution in [2.45, 2.75) is 6.54 Å². The van der Waals surface area contributed by atoms with E-state index in [9.17, 15) is 0 Å². The Balaban J connectivity index is 1.87. The molecule has 1 heterocycles. The van der Waals surface area contributed by atoms with Gasteiger partial charge in [-0.3, -0.25) is 10.9 Å². The average Bonchev–Trinajstić information content (AvgIpc) is 2.88. The summed E-state index contributed by atoms with van der Waals surface area (Å²) in [7, 11) is 0. The van der Waals surface area contributed by atoms with E-state index in [4.69, 9.17) is 51.4 Å². The molecule has 0 unspecified atom stereocenters. The van der Waals surface area contributed by atoms with Crippen LogP contribution < -0.4 is 16.2 Å². The molecule has 20 heavy (non-hydrogen) atoms. The van der Waals surface area contributed by atoms with E-state index in [0.717, 1.165) is 5.76 Å². The van der Waals surface area contributed by atoms with Crippen LogP contribution in [0, 0.1) is 0 Å². The molecular formula is C12H10Cl3N3OS. The molecule has 0 aliphatic rings. The minimum atomic E-state index is 0.378. The lowest BCUT2D eigenvalue weighted by Gasteiger charge is -2.14. The largest absolute Gasteiger partial charge is 0.467 e. The zero-order valence-electron chi connectivity index (χ0n) is 10.0. The number of hydrogen-bond acceptors (Lipinski definition) is 3. The molecule has 0 atom stereocenters. The molecule has 0 spiro atoms. The number of hydrazine groups is 1. The Hall–Kier alpha value is -1.14. The van der Waals surface area contributed by atoms with E-state index >= 15 is 0 Å². The predicted molar refractivity (Wildman–Crippen MR) is 86.4 cm³/mol. The van der Waals surface area contributed by atoms with Gasteiger partial charge in [-0.2, -0.15) is 0 Å². The van der Waals surface area contributed by atoms with Gasteiger partial charge in [0.1, 0.15) is 5.76 Å². The molecular weight excluding hydrogens is 341 g/mol. The Labute approximate surface area is 136 Å². The van der Waals surface area contributed by atoms with Crippen molar-refractivity contribution in [3.8, 4) is 0 Å². The summed E-state index contributed by atoms with van der Waals surface area (Å²) in [6, 6.07) is 6.81. The molecule has 4 nitrogen and oxygen atoms in total. The Morgan fingerprint density at radius 1 is 1.20 bits per heavy atom. The highest BCUT2D eigenvalue weighted by atomic mass is 35.5. The number of furan rings is 1. The van der Waals surface area contributed by atoms with Gasteiger partial charge in [-0.05, 0) is 36.5 Å². The normalized spacial score (nSPS) is 10.2. The summed E-state index contributed by atoms with van der Waals surface area (Å²) in [6.07, 6.45) is 1.60. The molecule has 0 saturated carbocycles. The van der Waals surface area contributed by atoms with E-state index in [1.807, 2.05) is 6.07 Å². The molecule has 0 amide bonds. The fraction of sp³-hybridized carbons (Fsp3) is 0.0833. The smallest absolute Gasteiger partial charge is 0.185 e. The Morgan fingerprint density at radius 3 is 2.50 bits per heavy atom. The number of benzene rings is 1. The summed E-state index contributed by atoms with van der Waals surface area (Å²) in [5, 5.41) is 4.58. The summed E-state index contributed by atoms with van der Waals surface area (Å²) < 4.78 is 5.17. The Morgan fingerprint density at radius 2 is 1.90 bits per heavy atom. The lowest BCUT2D eigenvalue weighted by Crippen LogP contribution is -2.38. The standard InChI is InChI=1S/C12H10Cl3N3OS/c13-7-4-9(14)11(10(15)5-7)17-18-12(20)16-6-8-2-1-3-19-8/h1-5,17H,6H2,(H2,16,18,20). The molecule has 2 rings (SSSR count). The molecule has 106 valence electrons. The van der Waals surface area contributed by atoms with E-state index in [2.05, 4.69) is 16.2 Å². The number of anilines is 1. The van der Waals surface area contributed by atoms with Gasteiger partial charge in [-0.25, -0.2) is 0 Å². The SMILES string of the molecule is S=C(NCc1ccco1)NNc1c(Cl)cc(Cl)cc1Cl. The molecule has 8 heteroatoms. The minimum absolute atomic E-state index is 0.378. The van der Waals surface area contributed by atoms with E-state index in [1.54, 1.807) is 24.5 Å². The zero-order chi connectivity index (χ0) is 14.5. The maximum Gasteiger partial charge on any atom is 0.185 e. The highest BCUT2D eigenvalue weighted by Crippen LogP contribution is 2.32. The molecule has 3 N–H and O–H groups in total. The van der Waals surface area contributed by atoms with E-state index in [0.29, 0.717) is 32.4 Å². The third-order valence-electron chi connectivity index (χ3n) is 2.31. The molecule has 0 bridgehead atoms. The van der Waals surface area contributed by atoms with Gasteiger partial charge in [0.2, 0.25) is 0 Å². The van der Waals surface area contributed by atoms with Crippen LogP contribution in [0.15, 0.2) is 34.9 Å². The molecule has 2 aromatic rings. The number of rotatable bonds is 4.